The Morgan fingerprint density at radius 1 is 0.974 bits per heavy atom. The molecule has 1 aliphatic heterocycles. The van der Waals surface area contributed by atoms with Gasteiger partial charge in [0.2, 0.25) is 0 Å². The fraction of sp³-hybridized carbons (Fsp3) is 0.367. The average Bonchev–Trinajstić information content (AvgIpc) is 3.66. The topological polar surface area (TPSA) is 87.7 Å². The molecule has 2 atom stereocenters. The molecule has 1 heterocycles. The van der Waals surface area contributed by atoms with E-state index < -0.39 is 10.1 Å². The van der Waals surface area contributed by atoms with Crippen LogP contribution in [0.5, 0.6) is 5.75 Å². The highest BCUT2D eigenvalue weighted by molar-refractivity contribution is 7.86. The minimum Gasteiger partial charge on any atom is -0.383 e. The van der Waals surface area contributed by atoms with Gasteiger partial charge in [-0.1, -0.05) is 60.7 Å². The Balaban J connectivity index is 1.21. The van der Waals surface area contributed by atoms with Gasteiger partial charge in [0.1, 0.15) is 5.75 Å². The van der Waals surface area contributed by atoms with E-state index in [1.165, 1.54) is 11.1 Å². The van der Waals surface area contributed by atoms with Crippen LogP contribution in [0.1, 0.15) is 41.9 Å². The van der Waals surface area contributed by atoms with E-state index >= 15 is 0 Å². The van der Waals surface area contributed by atoms with Gasteiger partial charge in [-0.15, -0.1) is 0 Å². The third-order valence-electron chi connectivity index (χ3n) is 7.38. The second-order valence-corrected chi connectivity index (χ2v) is 12.0. The Morgan fingerprint density at radius 3 is 2.34 bits per heavy atom. The van der Waals surface area contributed by atoms with Crippen LogP contribution in [0.3, 0.4) is 0 Å². The van der Waals surface area contributed by atoms with Crippen LogP contribution >= 0.6 is 0 Å². The van der Waals surface area contributed by atoms with Gasteiger partial charge < -0.3 is 14.8 Å². The fourth-order valence-electron chi connectivity index (χ4n) is 5.34. The summed E-state index contributed by atoms with van der Waals surface area (Å²) >= 11 is 0. The summed E-state index contributed by atoms with van der Waals surface area (Å²) in [6.45, 7) is 2.49. The number of hydrogen-bond acceptors (Lipinski definition) is 5. The average molecular weight is 534 g/mol. The monoisotopic (exact) mass is 533 g/mol. The molecule has 2 N–H and O–H groups in total. The highest BCUT2D eigenvalue weighted by atomic mass is 32.2. The van der Waals surface area contributed by atoms with Crippen LogP contribution in [0, 0.1) is 5.92 Å². The number of piperidine rings is 1. The van der Waals surface area contributed by atoms with Crippen molar-refractivity contribution in [3.63, 3.8) is 0 Å². The van der Waals surface area contributed by atoms with Gasteiger partial charge in [-0.25, -0.2) is 4.79 Å². The van der Waals surface area contributed by atoms with E-state index in [2.05, 4.69) is 51.9 Å². The highest BCUT2D eigenvalue weighted by Crippen LogP contribution is 2.40. The Hall–Kier alpha value is -3.36. The van der Waals surface area contributed by atoms with E-state index in [1.54, 1.807) is 18.2 Å². The predicted molar refractivity (Wildman–Crippen MR) is 150 cm³/mol. The Bertz CT molecular complexity index is 1340. The molecule has 0 radical (unpaired) electrons. The summed E-state index contributed by atoms with van der Waals surface area (Å²) < 4.78 is 28.6. The van der Waals surface area contributed by atoms with E-state index in [-0.39, 0.29) is 17.8 Å². The molecule has 3 aromatic carbocycles. The van der Waals surface area contributed by atoms with Gasteiger partial charge >= 0.3 is 16.1 Å². The smallest absolute Gasteiger partial charge is 0.319 e. The van der Waals surface area contributed by atoms with Crippen LogP contribution in [0.2, 0.25) is 0 Å². The third kappa shape index (κ3) is 7.36. The molecule has 3 aromatic rings. The minimum absolute atomic E-state index is 0.109. The number of carbonyl (C=O) groups is 1. The van der Waals surface area contributed by atoms with Crippen molar-refractivity contribution in [2.24, 2.45) is 5.92 Å². The first kappa shape index (κ1) is 26.3. The number of likely N-dealkylation sites (tertiary alicyclic amines) is 1. The maximum absolute atomic E-state index is 12.9. The number of benzene rings is 3. The zero-order valence-corrected chi connectivity index (χ0v) is 22.5. The number of amides is 2. The summed E-state index contributed by atoms with van der Waals surface area (Å²) in [4.78, 5) is 15.2. The minimum atomic E-state index is -3.65. The third-order valence-corrected chi connectivity index (χ3v) is 7.87. The lowest BCUT2D eigenvalue weighted by Crippen LogP contribution is -2.35. The van der Waals surface area contributed by atoms with E-state index in [9.17, 15) is 13.2 Å². The molecule has 0 spiro atoms. The molecule has 0 bridgehead atoms. The van der Waals surface area contributed by atoms with Crippen molar-refractivity contribution in [2.45, 2.75) is 44.2 Å². The van der Waals surface area contributed by atoms with Gasteiger partial charge in [-0.3, -0.25) is 4.90 Å². The second kappa shape index (κ2) is 11.6. The number of urea groups is 1. The second-order valence-electron chi connectivity index (χ2n) is 10.5. The molecule has 2 unspecified atom stereocenters. The zero-order chi connectivity index (χ0) is 26.5. The van der Waals surface area contributed by atoms with E-state index in [4.69, 9.17) is 4.18 Å². The fourth-order valence-corrected chi connectivity index (χ4v) is 5.79. The van der Waals surface area contributed by atoms with Crippen molar-refractivity contribution in [3.8, 4) is 5.75 Å². The number of hydrogen-bond donors (Lipinski definition) is 2. The van der Waals surface area contributed by atoms with Gasteiger partial charge in [0.05, 0.1) is 6.26 Å². The number of nitrogens with one attached hydrogen (secondary N) is 2. The highest BCUT2D eigenvalue weighted by Gasteiger charge is 2.39. The van der Waals surface area contributed by atoms with Crippen LogP contribution < -0.4 is 14.8 Å². The summed E-state index contributed by atoms with van der Waals surface area (Å²) in [6, 6.07) is 25.7. The summed E-state index contributed by atoms with van der Waals surface area (Å²) in [5.74, 6) is 1.23. The predicted octanol–water partition coefficient (Wildman–Crippen LogP) is 5.16. The van der Waals surface area contributed by atoms with E-state index in [0.717, 1.165) is 50.6 Å². The van der Waals surface area contributed by atoms with E-state index in [0.29, 0.717) is 24.1 Å². The Kier molecular flexibility index (Phi) is 8.00. The summed E-state index contributed by atoms with van der Waals surface area (Å²) in [7, 11) is -3.65. The number of rotatable bonds is 9. The number of nitrogens with zero attached hydrogens (tertiary/aromatic N) is 1. The number of anilines is 1. The molecule has 38 heavy (non-hydrogen) atoms. The molecule has 5 rings (SSSR count). The lowest BCUT2D eigenvalue weighted by Gasteiger charge is -2.32. The van der Waals surface area contributed by atoms with Crippen molar-refractivity contribution in [3.05, 3.63) is 95.6 Å². The van der Waals surface area contributed by atoms with Gasteiger partial charge in [0.25, 0.3) is 0 Å². The first-order valence-corrected chi connectivity index (χ1v) is 15.1. The largest absolute Gasteiger partial charge is 0.383 e. The maximum Gasteiger partial charge on any atom is 0.319 e. The van der Waals surface area contributed by atoms with Crippen LogP contribution in [-0.4, -0.2) is 44.7 Å². The lowest BCUT2D eigenvalue weighted by atomic mass is 9.90. The quantitative estimate of drug-likeness (QED) is 0.371. The molecule has 1 saturated carbocycles. The SMILES string of the molecule is CS(=O)(=O)Oc1ccc(NC(=O)NC2CC2c2ccccc2)c(CN2CCC(Cc3ccccc3)CC2)c1. The van der Waals surface area contributed by atoms with Crippen molar-refractivity contribution in [1.82, 2.24) is 10.2 Å². The Morgan fingerprint density at radius 2 is 1.66 bits per heavy atom. The van der Waals surface area contributed by atoms with Crippen molar-refractivity contribution in [2.75, 3.05) is 24.7 Å². The van der Waals surface area contributed by atoms with Crippen molar-refractivity contribution < 1.29 is 17.4 Å². The van der Waals surface area contributed by atoms with Crippen LogP contribution in [0.4, 0.5) is 10.5 Å². The molecular formula is C30H35N3O4S. The normalized spacial score (nSPS) is 20.0. The standard InChI is InChI=1S/C30H35N3O4S/c1-38(35,36)37-26-12-13-28(31-30(34)32-29-20-27(29)24-10-6-3-7-11-24)25(19-26)21-33-16-14-23(15-17-33)18-22-8-4-2-5-9-22/h2-13,19,23,27,29H,14-18,20-21H2,1H3,(H2,31,32,34). The number of carbonyl (C=O) groups excluding carboxylic acids is 1. The molecule has 2 fully saturated rings. The first-order chi connectivity index (χ1) is 18.3. The van der Waals surface area contributed by atoms with Crippen molar-refractivity contribution in [1.29, 1.82) is 0 Å². The summed E-state index contributed by atoms with van der Waals surface area (Å²) in [5.41, 5.74) is 4.10. The summed E-state index contributed by atoms with van der Waals surface area (Å²) in [6.07, 6.45) is 5.23. The van der Waals surface area contributed by atoms with Gasteiger partial charge in [-0.2, -0.15) is 8.42 Å². The van der Waals surface area contributed by atoms with E-state index in [1.807, 2.05) is 24.3 Å². The molecule has 1 aliphatic carbocycles. The molecule has 200 valence electrons. The first-order valence-electron chi connectivity index (χ1n) is 13.2. The molecule has 2 aliphatic rings. The molecule has 0 aromatic heterocycles. The van der Waals surface area contributed by atoms with Crippen LogP contribution in [0.15, 0.2) is 78.9 Å². The van der Waals surface area contributed by atoms with Crippen LogP contribution in [0.25, 0.3) is 0 Å². The lowest BCUT2D eigenvalue weighted by molar-refractivity contribution is 0.177. The molecule has 1 saturated heterocycles. The summed E-state index contributed by atoms with van der Waals surface area (Å²) in [5, 5.41) is 6.07. The van der Waals surface area contributed by atoms with Crippen LogP contribution in [-0.2, 0) is 23.1 Å². The molecule has 2 amide bonds. The van der Waals surface area contributed by atoms with Gasteiger partial charge in [0, 0.05) is 24.2 Å². The molecular weight excluding hydrogens is 498 g/mol. The van der Waals surface area contributed by atoms with Gasteiger partial charge in [0.15, 0.2) is 0 Å². The van der Waals surface area contributed by atoms with Crippen molar-refractivity contribution >= 4 is 21.8 Å². The zero-order valence-electron chi connectivity index (χ0n) is 21.7. The molecule has 8 heteroatoms. The molecule has 7 nitrogen and oxygen atoms in total. The van der Waals surface area contributed by atoms with Gasteiger partial charge in [-0.05, 0) is 79.6 Å². The maximum atomic E-state index is 12.9. The Labute approximate surface area is 225 Å².